The van der Waals surface area contributed by atoms with Crippen LogP contribution in [0.1, 0.15) is 13.3 Å². The molecule has 0 bridgehead atoms. The molecule has 0 amide bonds. The van der Waals surface area contributed by atoms with Gasteiger partial charge in [0.25, 0.3) is 0 Å². The molecular weight excluding hydrogens is 132 g/mol. The maximum absolute atomic E-state index is 4.91. The quantitative estimate of drug-likeness (QED) is 0.619. The van der Waals surface area contributed by atoms with E-state index in [4.69, 9.17) is 4.74 Å². The van der Waals surface area contributed by atoms with Crippen LogP contribution in [0.3, 0.4) is 0 Å². The van der Waals surface area contributed by atoms with Crippen molar-refractivity contribution in [1.29, 1.82) is 0 Å². The molecule has 0 aromatic heterocycles. The van der Waals surface area contributed by atoms with Crippen molar-refractivity contribution in [2.45, 2.75) is 18.9 Å². The molecule has 4 nitrogen and oxygen atoms in total. The number of hydrogen-bond acceptors (Lipinski definition) is 4. The van der Waals surface area contributed by atoms with Crippen LogP contribution in [-0.2, 0) is 9.68 Å². The van der Waals surface area contributed by atoms with Crippen LogP contribution >= 0.6 is 0 Å². The van der Waals surface area contributed by atoms with E-state index in [-0.39, 0.29) is 5.54 Å². The summed E-state index contributed by atoms with van der Waals surface area (Å²) in [7, 11) is 1.68. The van der Waals surface area contributed by atoms with Crippen LogP contribution in [0.4, 0.5) is 0 Å². The Hall–Kier alpha value is -0.610. The third-order valence-corrected chi connectivity index (χ3v) is 1.49. The van der Waals surface area contributed by atoms with Crippen molar-refractivity contribution in [2.24, 2.45) is 5.16 Å². The normalized spacial score (nSPS) is 30.6. The highest BCUT2D eigenvalue weighted by Crippen LogP contribution is 2.10. The van der Waals surface area contributed by atoms with Gasteiger partial charge < -0.3 is 4.74 Å². The molecule has 1 rings (SSSR count). The Morgan fingerprint density at radius 2 is 2.60 bits per heavy atom. The Morgan fingerprint density at radius 1 is 1.80 bits per heavy atom. The van der Waals surface area contributed by atoms with Crippen molar-refractivity contribution >= 4 is 6.21 Å². The molecule has 1 heterocycles. The first-order valence-corrected chi connectivity index (χ1v) is 3.23. The minimum atomic E-state index is -0.143. The Kier molecular flexibility index (Phi) is 2.24. The first-order chi connectivity index (χ1) is 4.77. The molecule has 0 saturated heterocycles. The molecule has 0 aromatic rings. The summed E-state index contributed by atoms with van der Waals surface area (Å²) < 4.78 is 4.91. The van der Waals surface area contributed by atoms with E-state index >= 15 is 0 Å². The molecule has 0 aromatic carbocycles. The standard InChI is InChI=1S/C6H12N2O2/c1-6(3-4-9-2)5-7-10-8-6/h5,8H,3-4H2,1-2H3. The predicted octanol–water partition coefficient (Wildman–Crippen LogP) is 0.302. The molecule has 1 unspecified atom stereocenters. The second-order valence-corrected chi connectivity index (χ2v) is 2.59. The van der Waals surface area contributed by atoms with Crippen LogP contribution in [0.2, 0.25) is 0 Å². The molecule has 1 atom stereocenters. The van der Waals surface area contributed by atoms with E-state index in [0.717, 1.165) is 6.42 Å². The molecule has 0 spiro atoms. The fraction of sp³-hybridized carbons (Fsp3) is 0.833. The zero-order valence-corrected chi connectivity index (χ0v) is 6.26. The van der Waals surface area contributed by atoms with E-state index < -0.39 is 0 Å². The Morgan fingerprint density at radius 3 is 3.10 bits per heavy atom. The van der Waals surface area contributed by atoms with Crippen LogP contribution in [0.5, 0.6) is 0 Å². The molecule has 10 heavy (non-hydrogen) atoms. The fourth-order valence-corrected chi connectivity index (χ4v) is 0.729. The van der Waals surface area contributed by atoms with Crippen molar-refractivity contribution in [2.75, 3.05) is 13.7 Å². The number of hydrogen-bond donors (Lipinski definition) is 1. The summed E-state index contributed by atoms with van der Waals surface area (Å²) in [4.78, 5) is 4.62. The van der Waals surface area contributed by atoms with Crippen LogP contribution in [0.15, 0.2) is 5.16 Å². The van der Waals surface area contributed by atoms with Gasteiger partial charge >= 0.3 is 0 Å². The van der Waals surface area contributed by atoms with Gasteiger partial charge in [0.15, 0.2) is 0 Å². The number of oxime groups is 1. The molecule has 0 radical (unpaired) electrons. The smallest absolute Gasteiger partial charge is 0.0940 e. The van der Waals surface area contributed by atoms with E-state index in [1.807, 2.05) is 6.92 Å². The fourth-order valence-electron chi connectivity index (χ4n) is 0.729. The molecule has 58 valence electrons. The monoisotopic (exact) mass is 144 g/mol. The van der Waals surface area contributed by atoms with E-state index in [2.05, 4.69) is 15.6 Å². The molecular formula is C6H12N2O2. The number of rotatable bonds is 3. The molecule has 0 saturated carbocycles. The third kappa shape index (κ3) is 1.68. The minimum absolute atomic E-state index is 0.143. The number of methoxy groups -OCH3 is 1. The van der Waals surface area contributed by atoms with Gasteiger partial charge in [-0.2, -0.15) is 0 Å². The lowest BCUT2D eigenvalue weighted by Gasteiger charge is -2.16. The lowest BCUT2D eigenvalue weighted by molar-refractivity contribution is 0.0273. The number of nitrogens with one attached hydrogen (secondary N) is 1. The SMILES string of the molecule is COCCC1(C)C=NON1. The van der Waals surface area contributed by atoms with Gasteiger partial charge in [-0.25, -0.2) is 0 Å². The van der Waals surface area contributed by atoms with Gasteiger partial charge in [-0.1, -0.05) is 5.16 Å². The lowest BCUT2D eigenvalue weighted by Crippen LogP contribution is -2.39. The van der Waals surface area contributed by atoms with E-state index in [9.17, 15) is 0 Å². The molecule has 1 aliphatic heterocycles. The topological polar surface area (TPSA) is 42.9 Å². The second-order valence-electron chi connectivity index (χ2n) is 2.59. The predicted molar refractivity (Wildman–Crippen MR) is 37.6 cm³/mol. The Labute approximate surface area is 60.1 Å². The average Bonchev–Trinajstić information content (AvgIpc) is 2.33. The van der Waals surface area contributed by atoms with Gasteiger partial charge in [-0.05, 0) is 13.3 Å². The van der Waals surface area contributed by atoms with Gasteiger partial charge in [0.05, 0.1) is 11.8 Å². The van der Waals surface area contributed by atoms with Crippen LogP contribution in [-0.4, -0.2) is 25.5 Å². The van der Waals surface area contributed by atoms with Crippen LogP contribution in [0, 0.1) is 0 Å². The molecule has 0 aliphatic carbocycles. The summed E-state index contributed by atoms with van der Waals surface area (Å²) >= 11 is 0. The summed E-state index contributed by atoms with van der Waals surface area (Å²) in [6.07, 6.45) is 2.61. The summed E-state index contributed by atoms with van der Waals surface area (Å²) in [5, 5.41) is 3.60. The van der Waals surface area contributed by atoms with Crippen molar-refractivity contribution in [3.05, 3.63) is 0 Å². The zero-order valence-electron chi connectivity index (χ0n) is 6.26. The highest BCUT2D eigenvalue weighted by atomic mass is 16.8. The minimum Gasteiger partial charge on any atom is -0.385 e. The van der Waals surface area contributed by atoms with E-state index in [0.29, 0.717) is 6.61 Å². The highest BCUT2D eigenvalue weighted by Gasteiger charge is 2.26. The zero-order chi connectivity index (χ0) is 7.45. The maximum atomic E-state index is 4.91. The van der Waals surface area contributed by atoms with Gasteiger partial charge in [0.1, 0.15) is 0 Å². The Balaban J connectivity index is 2.30. The second kappa shape index (κ2) is 2.98. The van der Waals surface area contributed by atoms with Crippen LogP contribution in [0.25, 0.3) is 0 Å². The van der Waals surface area contributed by atoms with Crippen molar-refractivity contribution in [1.82, 2.24) is 5.48 Å². The third-order valence-electron chi connectivity index (χ3n) is 1.49. The maximum Gasteiger partial charge on any atom is 0.0940 e. The highest BCUT2D eigenvalue weighted by molar-refractivity contribution is 5.69. The first-order valence-electron chi connectivity index (χ1n) is 3.23. The van der Waals surface area contributed by atoms with Gasteiger partial charge in [0.2, 0.25) is 0 Å². The first kappa shape index (κ1) is 7.50. The summed E-state index contributed by atoms with van der Waals surface area (Å²) in [5.41, 5.74) is 2.62. The van der Waals surface area contributed by atoms with Crippen molar-refractivity contribution < 1.29 is 9.68 Å². The molecule has 0 fully saturated rings. The largest absolute Gasteiger partial charge is 0.385 e. The van der Waals surface area contributed by atoms with Crippen molar-refractivity contribution in [3.8, 4) is 0 Å². The van der Waals surface area contributed by atoms with Gasteiger partial charge in [0, 0.05) is 13.7 Å². The number of nitrogens with zero attached hydrogens (tertiary/aromatic N) is 1. The van der Waals surface area contributed by atoms with Gasteiger partial charge in [-0.3, -0.25) is 4.94 Å². The number of hydroxylamine groups is 1. The summed E-state index contributed by atoms with van der Waals surface area (Å²) in [6.45, 7) is 2.71. The van der Waals surface area contributed by atoms with Gasteiger partial charge in [-0.15, -0.1) is 5.48 Å². The summed E-state index contributed by atoms with van der Waals surface area (Å²) in [6, 6.07) is 0. The molecule has 4 heteroatoms. The van der Waals surface area contributed by atoms with E-state index in [1.165, 1.54) is 0 Å². The van der Waals surface area contributed by atoms with E-state index in [1.54, 1.807) is 13.3 Å². The summed E-state index contributed by atoms with van der Waals surface area (Å²) in [5.74, 6) is 0. The van der Waals surface area contributed by atoms with Crippen molar-refractivity contribution in [3.63, 3.8) is 0 Å². The Bertz CT molecular complexity index is 138. The molecule has 1 N–H and O–H groups in total. The van der Waals surface area contributed by atoms with Crippen LogP contribution < -0.4 is 5.48 Å². The molecule has 1 aliphatic rings. The average molecular weight is 144 g/mol. The lowest BCUT2D eigenvalue weighted by atomic mass is 10.0. The number of ether oxygens (including phenoxy) is 1.